The van der Waals surface area contributed by atoms with Gasteiger partial charge in [-0.25, -0.2) is 0 Å². The highest BCUT2D eigenvalue weighted by molar-refractivity contribution is 8.76. The van der Waals surface area contributed by atoms with Crippen LogP contribution in [0.1, 0.15) is 116 Å². The van der Waals surface area contributed by atoms with E-state index in [2.05, 4.69) is 5.32 Å². The van der Waals surface area contributed by atoms with Gasteiger partial charge in [0.05, 0.1) is 12.1 Å². The van der Waals surface area contributed by atoms with Crippen LogP contribution in [0, 0.1) is 0 Å². The lowest BCUT2D eigenvalue weighted by atomic mass is 10.0. The quantitative estimate of drug-likeness (QED) is 0.0636. The van der Waals surface area contributed by atoms with E-state index in [1.807, 2.05) is 0 Å². The van der Waals surface area contributed by atoms with Crippen molar-refractivity contribution in [1.29, 1.82) is 0 Å². The molecular weight excluding hydrogens is 526 g/mol. The predicted octanol–water partition coefficient (Wildman–Crippen LogP) is 4.90. The first-order valence-corrected chi connectivity index (χ1v) is 16.7. The van der Waals surface area contributed by atoms with Crippen molar-refractivity contribution in [2.75, 3.05) is 18.1 Å². The fraction of sp³-hybridized carbons (Fsp3) is 0.852. The Balaban J connectivity index is 3.58. The van der Waals surface area contributed by atoms with Gasteiger partial charge in [-0.05, 0) is 25.7 Å². The number of unbranched alkanes of at least 4 members (excludes halogenated alkanes) is 13. The summed E-state index contributed by atoms with van der Waals surface area (Å²) in [5.74, 6) is -0.575. The normalized spacial score (nSPS) is 12.7. The van der Waals surface area contributed by atoms with Gasteiger partial charge in [-0.1, -0.05) is 92.2 Å². The minimum Gasteiger partial charge on any atom is -0.481 e. The van der Waals surface area contributed by atoms with Gasteiger partial charge in [-0.3, -0.25) is 19.2 Å². The molecule has 1 amide bonds. The molecule has 11 heteroatoms. The third kappa shape index (κ3) is 25.0. The van der Waals surface area contributed by atoms with Crippen molar-refractivity contribution < 1.29 is 29.4 Å². The second kappa shape index (κ2) is 26.0. The summed E-state index contributed by atoms with van der Waals surface area (Å²) in [6.07, 6.45) is 15.8. The monoisotopic (exact) mass is 577 g/mol. The summed E-state index contributed by atoms with van der Waals surface area (Å²) < 4.78 is 0. The number of hydrogen-bond acceptors (Lipinski definition) is 8. The van der Waals surface area contributed by atoms with Gasteiger partial charge in [0.2, 0.25) is 5.91 Å². The number of nitrogens with one attached hydrogen (secondary N) is 1. The maximum Gasteiger partial charge on any atom is 0.303 e. The van der Waals surface area contributed by atoms with E-state index in [0.717, 1.165) is 96.3 Å². The van der Waals surface area contributed by atoms with Gasteiger partial charge in [0.1, 0.15) is 5.78 Å². The van der Waals surface area contributed by atoms with E-state index in [-0.39, 0.29) is 24.5 Å². The number of amides is 1. The van der Waals surface area contributed by atoms with E-state index in [9.17, 15) is 19.2 Å². The fourth-order valence-electron chi connectivity index (χ4n) is 3.86. The van der Waals surface area contributed by atoms with Crippen LogP contribution in [0.25, 0.3) is 0 Å². The zero-order valence-electron chi connectivity index (χ0n) is 23.0. The lowest BCUT2D eigenvalue weighted by Crippen LogP contribution is -2.42. The lowest BCUT2D eigenvalue weighted by Gasteiger charge is -2.13. The van der Waals surface area contributed by atoms with Gasteiger partial charge in [0.25, 0.3) is 0 Å². The number of Topliss-reactive ketones (excluding diaryl/α,β-unsaturated/α-hetero) is 1. The number of aliphatic carboxylic acids is 2. The van der Waals surface area contributed by atoms with E-state index in [1.54, 1.807) is 0 Å². The van der Waals surface area contributed by atoms with Crippen molar-refractivity contribution >= 4 is 45.2 Å². The molecule has 0 aliphatic heterocycles. The molecule has 0 rings (SSSR count). The molecule has 0 heterocycles. The van der Waals surface area contributed by atoms with E-state index in [1.165, 1.54) is 21.6 Å². The number of carboxylic acid groups (broad SMARTS) is 2. The Morgan fingerprint density at radius 1 is 0.553 bits per heavy atom. The molecule has 0 fully saturated rings. The fourth-order valence-corrected chi connectivity index (χ4v) is 6.14. The van der Waals surface area contributed by atoms with Crippen molar-refractivity contribution in [3.8, 4) is 0 Å². The molecule has 0 aliphatic rings. The number of hydrogen-bond donors (Lipinski definition) is 5. The van der Waals surface area contributed by atoms with Crippen LogP contribution in [0.3, 0.4) is 0 Å². The van der Waals surface area contributed by atoms with Crippen molar-refractivity contribution in [3.05, 3.63) is 0 Å². The molecule has 0 spiro atoms. The molecule has 9 nitrogen and oxygen atoms in total. The summed E-state index contributed by atoms with van der Waals surface area (Å²) in [5, 5.41) is 20.1. The molecule has 0 saturated heterocycles. The third-order valence-corrected chi connectivity index (χ3v) is 8.73. The predicted molar refractivity (Wildman–Crippen MR) is 157 cm³/mol. The van der Waals surface area contributed by atoms with Crippen molar-refractivity contribution in [3.63, 3.8) is 0 Å². The number of carbonyl (C=O) groups excluding carboxylic acids is 2. The third-order valence-electron chi connectivity index (χ3n) is 6.26. The Morgan fingerprint density at radius 3 is 1.37 bits per heavy atom. The SMILES string of the molecule is NC(CSSCC(N)C(=O)NCCCCCCCCCC(=O)O)C(=O)CCCCCCCCCCC(=O)O. The van der Waals surface area contributed by atoms with E-state index < -0.39 is 24.0 Å². The topological polar surface area (TPSA) is 173 Å². The summed E-state index contributed by atoms with van der Waals surface area (Å²) in [5.41, 5.74) is 12.0. The Labute approximate surface area is 236 Å². The molecule has 0 bridgehead atoms. The molecular formula is C27H51N3O6S2. The molecule has 0 saturated carbocycles. The van der Waals surface area contributed by atoms with Crippen LogP contribution >= 0.6 is 21.6 Å². The molecule has 2 unspecified atom stereocenters. The van der Waals surface area contributed by atoms with Crippen molar-refractivity contribution in [2.24, 2.45) is 11.5 Å². The van der Waals surface area contributed by atoms with Crippen molar-refractivity contribution in [2.45, 2.75) is 128 Å². The van der Waals surface area contributed by atoms with Gasteiger partial charge in [0, 0.05) is 37.3 Å². The largest absolute Gasteiger partial charge is 0.481 e. The van der Waals surface area contributed by atoms with Gasteiger partial charge in [0.15, 0.2) is 0 Å². The zero-order valence-corrected chi connectivity index (χ0v) is 24.6. The molecule has 0 aromatic heterocycles. The minimum atomic E-state index is -0.733. The van der Waals surface area contributed by atoms with Crippen LogP contribution in [0.15, 0.2) is 0 Å². The highest BCUT2D eigenvalue weighted by atomic mass is 33.1. The number of rotatable bonds is 28. The first-order chi connectivity index (χ1) is 18.2. The van der Waals surface area contributed by atoms with Gasteiger partial charge >= 0.3 is 11.9 Å². The molecule has 7 N–H and O–H groups in total. The number of ketones is 1. The Hall–Kier alpha value is -1.30. The summed E-state index contributed by atoms with van der Waals surface area (Å²) in [4.78, 5) is 45.3. The number of carboxylic acids is 2. The highest BCUT2D eigenvalue weighted by Gasteiger charge is 2.16. The average molecular weight is 578 g/mol. The molecule has 0 aromatic rings. The van der Waals surface area contributed by atoms with Gasteiger partial charge < -0.3 is 27.0 Å². The van der Waals surface area contributed by atoms with E-state index in [0.29, 0.717) is 24.5 Å². The second-order valence-corrected chi connectivity index (χ2v) is 12.4. The minimum absolute atomic E-state index is 0.0778. The van der Waals surface area contributed by atoms with Crippen LogP contribution in [-0.2, 0) is 19.2 Å². The van der Waals surface area contributed by atoms with Gasteiger partial charge in [-0.15, -0.1) is 0 Å². The van der Waals surface area contributed by atoms with E-state index >= 15 is 0 Å². The zero-order chi connectivity index (χ0) is 28.4. The number of carbonyl (C=O) groups is 4. The molecule has 222 valence electrons. The first kappa shape index (κ1) is 36.7. The standard InChI is InChI=1S/C27H51N3O6S2/c28-22(24(31)16-12-8-4-1-2-5-9-13-17-25(32)33)20-37-38-21-23(29)27(36)30-19-15-11-7-3-6-10-14-18-26(34)35/h22-23H,1-21,28-29H2,(H,30,36)(H,32,33)(H,34,35). The number of nitrogens with two attached hydrogens (primary N) is 2. The molecule has 2 atom stereocenters. The van der Waals surface area contributed by atoms with Crippen molar-refractivity contribution in [1.82, 2.24) is 5.32 Å². The Kier molecular flexibility index (Phi) is 25.1. The summed E-state index contributed by atoms with van der Waals surface area (Å²) in [7, 11) is 2.95. The molecule has 0 aromatic carbocycles. The molecule has 38 heavy (non-hydrogen) atoms. The maximum absolute atomic E-state index is 12.2. The second-order valence-electron chi connectivity index (χ2n) is 9.88. The molecule has 0 radical (unpaired) electrons. The van der Waals surface area contributed by atoms with Crippen LogP contribution in [0.2, 0.25) is 0 Å². The van der Waals surface area contributed by atoms with Gasteiger partial charge in [-0.2, -0.15) is 0 Å². The van der Waals surface area contributed by atoms with Crippen LogP contribution < -0.4 is 16.8 Å². The highest BCUT2D eigenvalue weighted by Crippen LogP contribution is 2.23. The maximum atomic E-state index is 12.2. The molecule has 0 aliphatic carbocycles. The summed E-state index contributed by atoms with van der Waals surface area (Å²) in [6, 6.07) is -1.09. The lowest BCUT2D eigenvalue weighted by molar-refractivity contribution is -0.138. The Bertz CT molecular complexity index is 600. The smallest absolute Gasteiger partial charge is 0.303 e. The first-order valence-electron chi connectivity index (χ1n) is 14.2. The van der Waals surface area contributed by atoms with Crippen LogP contribution in [0.5, 0.6) is 0 Å². The van der Waals surface area contributed by atoms with Crippen LogP contribution in [0.4, 0.5) is 0 Å². The average Bonchev–Trinajstić information content (AvgIpc) is 2.87. The Morgan fingerprint density at radius 2 is 0.921 bits per heavy atom. The van der Waals surface area contributed by atoms with Crippen LogP contribution in [-0.4, -0.2) is 64.0 Å². The summed E-state index contributed by atoms with van der Waals surface area (Å²) >= 11 is 0. The van der Waals surface area contributed by atoms with E-state index in [4.69, 9.17) is 21.7 Å². The summed E-state index contributed by atoms with van der Waals surface area (Å²) in [6.45, 7) is 0.607.